The molecule has 0 spiro atoms. The van der Waals surface area contributed by atoms with Gasteiger partial charge in [0.15, 0.2) is 11.5 Å². The third-order valence-electron chi connectivity index (χ3n) is 5.47. The fourth-order valence-electron chi connectivity index (χ4n) is 4.09. The number of piperidine rings is 1. The number of aryl methyl sites for hydroxylation is 1. The molecule has 0 saturated carbocycles. The molecule has 1 aromatic carbocycles. The van der Waals surface area contributed by atoms with Gasteiger partial charge in [-0.2, -0.15) is 4.98 Å². The van der Waals surface area contributed by atoms with Gasteiger partial charge in [-0.15, -0.1) is 0 Å². The second-order valence-corrected chi connectivity index (χ2v) is 7.24. The number of hydrogen-bond acceptors (Lipinski definition) is 5. The van der Waals surface area contributed by atoms with Crippen molar-refractivity contribution in [2.45, 2.75) is 32.7 Å². The highest BCUT2D eigenvalue weighted by Gasteiger charge is 2.24. The molecule has 138 valence electrons. The lowest BCUT2D eigenvalue weighted by Crippen LogP contribution is -2.37. The maximum absolute atomic E-state index is 12.7. The summed E-state index contributed by atoms with van der Waals surface area (Å²) in [6.45, 7) is 4.80. The minimum absolute atomic E-state index is 0.170. The van der Waals surface area contributed by atoms with Crippen molar-refractivity contribution in [3.8, 4) is 22.8 Å². The zero-order valence-electron chi connectivity index (χ0n) is 15.6. The van der Waals surface area contributed by atoms with E-state index in [0.717, 1.165) is 48.8 Å². The maximum atomic E-state index is 12.7. The summed E-state index contributed by atoms with van der Waals surface area (Å²) >= 11 is 0. The maximum Gasteiger partial charge on any atom is 0.350 e. The first-order valence-corrected chi connectivity index (χ1v) is 9.23. The van der Waals surface area contributed by atoms with Gasteiger partial charge in [-0.3, -0.25) is 4.57 Å². The Balaban J connectivity index is 1.83. The van der Waals surface area contributed by atoms with Crippen molar-refractivity contribution in [3.63, 3.8) is 0 Å². The molecule has 1 fully saturated rings. The Bertz CT molecular complexity index is 891. The number of nitrogens with zero attached hydrogens (tertiary/aromatic N) is 3. The van der Waals surface area contributed by atoms with Crippen molar-refractivity contribution in [1.29, 1.82) is 0 Å². The Morgan fingerprint density at radius 3 is 2.62 bits per heavy atom. The molecule has 0 aliphatic carbocycles. The van der Waals surface area contributed by atoms with Crippen molar-refractivity contribution >= 4 is 5.82 Å². The summed E-state index contributed by atoms with van der Waals surface area (Å²) in [7, 11) is 3.28. The summed E-state index contributed by atoms with van der Waals surface area (Å²) < 4.78 is 12.7. The molecule has 1 aromatic heterocycles. The molecule has 1 unspecified atom stereocenters. The monoisotopic (exact) mass is 355 g/mol. The summed E-state index contributed by atoms with van der Waals surface area (Å²) in [5, 5.41) is 0. The van der Waals surface area contributed by atoms with Crippen molar-refractivity contribution in [2.75, 3.05) is 32.2 Å². The van der Waals surface area contributed by atoms with Crippen LogP contribution in [0.1, 0.15) is 25.3 Å². The van der Waals surface area contributed by atoms with E-state index in [9.17, 15) is 4.79 Å². The topological polar surface area (TPSA) is 56.6 Å². The molecule has 2 aliphatic heterocycles. The van der Waals surface area contributed by atoms with Gasteiger partial charge >= 0.3 is 5.69 Å². The lowest BCUT2D eigenvalue weighted by atomic mass is 9.96. The molecular formula is C20H25N3O3. The highest BCUT2D eigenvalue weighted by Crippen LogP contribution is 2.38. The molecule has 3 heterocycles. The van der Waals surface area contributed by atoms with Crippen LogP contribution in [0.25, 0.3) is 11.3 Å². The third kappa shape index (κ3) is 2.83. The van der Waals surface area contributed by atoms with E-state index >= 15 is 0 Å². The van der Waals surface area contributed by atoms with E-state index in [1.54, 1.807) is 18.8 Å². The second kappa shape index (κ2) is 6.67. The fourth-order valence-corrected chi connectivity index (χ4v) is 4.09. The number of rotatable bonds is 3. The number of ether oxygens (including phenoxy) is 2. The number of hydrogen-bond donors (Lipinski definition) is 0. The Kier molecular flexibility index (Phi) is 4.34. The van der Waals surface area contributed by atoms with Gasteiger partial charge in [0, 0.05) is 31.3 Å². The van der Waals surface area contributed by atoms with E-state index < -0.39 is 0 Å². The van der Waals surface area contributed by atoms with Crippen LogP contribution in [0.2, 0.25) is 0 Å². The number of fused-ring (bicyclic) bond motifs is 3. The minimum atomic E-state index is -0.170. The number of benzene rings is 1. The molecule has 6 heteroatoms. The van der Waals surface area contributed by atoms with Gasteiger partial charge in [0.2, 0.25) is 0 Å². The lowest BCUT2D eigenvalue weighted by molar-refractivity contribution is 0.354. The number of aromatic nitrogens is 2. The Morgan fingerprint density at radius 2 is 1.88 bits per heavy atom. The summed E-state index contributed by atoms with van der Waals surface area (Å²) in [5.74, 6) is 2.81. The van der Waals surface area contributed by atoms with Crippen LogP contribution in [0.15, 0.2) is 23.0 Å². The van der Waals surface area contributed by atoms with Crippen LogP contribution in [0.4, 0.5) is 5.82 Å². The standard InChI is InChI=1S/C20H25N3O3/c1-13-5-4-7-22(12-13)19-11-16-15-10-18(26-3)17(25-2)9-14(15)6-8-23(16)20(24)21-19/h9-11,13H,4-8,12H2,1-3H3. The summed E-state index contributed by atoms with van der Waals surface area (Å²) in [5.41, 5.74) is 2.95. The summed E-state index contributed by atoms with van der Waals surface area (Å²) in [4.78, 5) is 19.3. The van der Waals surface area contributed by atoms with Crippen LogP contribution < -0.4 is 20.1 Å². The molecular weight excluding hydrogens is 330 g/mol. The van der Waals surface area contributed by atoms with Gasteiger partial charge in [-0.25, -0.2) is 4.79 Å². The molecule has 1 saturated heterocycles. The number of anilines is 1. The van der Waals surface area contributed by atoms with E-state index in [2.05, 4.69) is 22.9 Å². The van der Waals surface area contributed by atoms with Crippen LogP contribution in [0, 0.1) is 5.92 Å². The predicted molar refractivity (Wildman–Crippen MR) is 101 cm³/mol. The molecule has 26 heavy (non-hydrogen) atoms. The van der Waals surface area contributed by atoms with Crippen LogP contribution in [-0.4, -0.2) is 36.9 Å². The van der Waals surface area contributed by atoms with Crippen molar-refractivity contribution in [1.82, 2.24) is 9.55 Å². The molecule has 0 bridgehead atoms. The molecule has 0 radical (unpaired) electrons. The zero-order chi connectivity index (χ0) is 18.3. The van der Waals surface area contributed by atoms with Gasteiger partial charge in [0.05, 0.1) is 19.9 Å². The van der Waals surface area contributed by atoms with Crippen molar-refractivity contribution in [3.05, 3.63) is 34.2 Å². The molecule has 6 nitrogen and oxygen atoms in total. The van der Waals surface area contributed by atoms with Gasteiger partial charge in [0.1, 0.15) is 5.82 Å². The predicted octanol–water partition coefficient (Wildman–Crippen LogP) is 2.72. The largest absolute Gasteiger partial charge is 0.493 e. The molecule has 4 rings (SSSR count). The molecule has 2 aromatic rings. The highest BCUT2D eigenvalue weighted by atomic mass is 16.5. The molecule has 0 N–H and O–H groups in total. The Morgan fingerprint density at radius 1 is 1.12 bits per heavy atom. The van der Waals surface area contributed by atoms with Crippen LogP contribution >= 0.6 is 0 Å². The first kappa shape index (κ1) is 16.9. The average Bonchev–Trinajstić information content (AvgIpc) is 2.66. The van der Waals surface area contributed by atoms with Crippen LogP contribution in [0.5, 0.6) is 11.5 Å². The second-order valence-electron chi connectivity index (χ2n) is 7.24. The number of methoxy groups -OCH3 is 2. The lowest BCUT2D eigenvalue weighted by Gasteiger charge is -2.32. The first-order chi connectivity index (χ1) is 12.6. The smallest absolute Gasteiger partial charge is 0.350 e. The van der Waals surface area contributed by atoms with E-state index in [-0.39, 0.29) is 5.69 Å². The Hall–Kier alpha value is -2.50. The van der Waals surface area contributed by atoms with E-state index in [4.69, 9.17) is 9.47 Å². The highest BCUT2D eigenvalue weighted by molar-refractivity contribution is 5.72. The van der Waals surface area contributed by atoms with E-state index in [0.29, 0.717) is 18.2 Å². The quantitative estimate of drug-likeness (QED) is 0.847. The zero-order valence-corrected chi connectivity index (χ0v) is 15.6. The SMILES string of the molecule is COc1cc2c(cc1OC)-c1cc(N3CCCC(C)C3)nc(=O)n1CC2. The van der Waals surface area contributed by atoms with Gasteiger partial charge in [0.25, 0.3) is 0 Å². The molecule has 0 amide bonds. The van der Waals surface area contributed by atoms with Gasteiger partial charge in [-0.05, 0) is 42.9 Å². The van der Waals surface area contributed by atoms with Crippen molar-refractivity contribution < 1.29 is 9.47 Å². The molecule has 2 aliphatic rings. The van der Waals surface area contributed by atoms with E-state index in [1.807, 2.05) is 12.1 Å². The van der Waals surface area contributed by atoms with Crippen LogP contribution in [-0.2, 0) is 13.0 Å². The molecule has 1 atom stereocenters. The first-order valence-electron chi connectivity index (χ1n) is 9.23. The Labute approximate surface area is 153 Å². The minimum Gasteiger partial charge on any atom is -0.493 e. The van der Waals surface area contributed by atoms with Gasteiger partial charge < -0.3 is 14.4 Å². The van der Waals surface area contributed by atoms with E-state index in [1.165, 1.54) is 12.0 Å². The van der Waals surface area contributed by atoms with Crippen molar-refractivity contribution in [2.24, 2.45) is 5.92 Å². The van der Waals surface area contributed by atoms with Gasteiger partial charge in [-0.1, -0.05) is 6.92 Å². The fraction of sp³-hybridized carbons (Fsp3) is 0.500. The third-order valence-corrected chi connectivity index (χ3v) is 5.47. The normalized spacial score (nSPS) is 18.9. The summed E-state index contributed by atoms with van der Waals surface area (Å²) in [6, 6.07) is 6.05. The van der Waals surface area contributed by atoms with Crippen LogP contribution in [0.3, 0.4) is 0 Å². The summed E-state index contributed by atoms with van der Waals surface area (Å²) in [6.07, 6.45) is 3.16. The average molecular weight is 355 g/mol.